The smallest absolute Gasteiger partial charge is 0.293 e. The highest BCUT2D eigenvalue weighted by Gasteiger charge is 2.26. The van der Waals surface area contributed by atoms with Crippen LogP contribution in [0.5, 0.6) is 5.75 Å². The Labute approximate surface area is 177 Å². The molecule has 0 aromatic heterocycles. The minimum Gasteiger partial charge on any atom is -0.493 e. The van der Waals surface area contributed by atoms with Crippen molar-refractivity contribution in [1.82, 2.24) is 4.90 Å². The van der Waals surface area contributed by atoms with E-state index in [1.54, 1.807) is 11.0 Å². The van der Waals surface area contributed by atoms with Gasteiger partial charge in [-0.2, -0.15) is 0 Å². The average Bonchev–Trinajstić information content (AvgIpc) is 2.79. The highest BCUT2D eigenvalue weighted by atomic mass is 16.6. The molecule has 0 unspecified atom stereocenters. The van der Waals surface area contributed by atoms with E-state index in [0.717, 1.165) is 0 Å². The molecule has 2 aromatic rings. The molecule has 0 spiro atoms. The first-order valence-electron chi connectivity index (χ1n) is 9.52. The Morgan fingerprint density at radius 2 is 1.68 bits per heavy atom. The van der Waals surface area contributed by atoms with E-state index in [2.05, 4.69) is 0 Å². The van der Waals surface area contributed by atoms with Gasteiger partial charge in [0.15, 0.2) is 0 Å². The van der Waals surface area contributed by atoms with E-state index >= 15 is 0 Å². The number of amides is 1. The lowest BCUT2D eigenvalue weighted by atomic mass is 10.1. The van der Waals surface area contributed by atoms with Crippen LogP contribution in [0.1, 0.15) is 16.8 Å². The van der Waals surface area contributed by atoms with E-state index in [9.17, 15) is 29.8 Å². The molecule has 31 heavy (non-hydrogen) atoms. The molecular weight excluding hydrogens is 408 g/mol. The zero-order chi connectivity index (χ0) is 22.4. The summed E-state index contributed by atoms with van der Waals surface area (Å²) >= 11 is 0. The number of aldehydes is 1. The van der Waals surface area contributed by atoms with Crippen molar-refractivity contribution in [3.8, 4) is 5.75 Å². The van der Waals surface area contributed by atoms with Crippen LogP contribution in [0.4, 0.5) is 17.1 Å². The number of carbonyl (C=O) groups excluding carboxylic acids is 2. The van der Waals surface area contributed by atoms with Crippen molar-refractivity contribution in [3.05, 3.63) is 68.3 Å². The summed E-state index contributed by atoms with van der Waals surface area (Å²) in [5.74, 6) is 0.335. The minimum atomic E-state index is -0.518. The molecule has 0 saturated carbocycles. The lowest BCUT2D eigenvalue weighted by Crippen LogP contribution is -2.49. The van der Waals surface area contributed by atoms with Crippen LogP contribution in [0.2, 0.25) is 0 Å². The summed E-state index contributed by atoms with van der Waals surface area (Å²) < 4.78 is 5.47. The van der Waals surface area contributed by atoms with Crippen LogP contribution in [0, 0.1) is 20.2 Å². The zero-order valence-corrected chi connectivity index (χ0v) is 16.5. The maximum absolute atomic E-state index is 12.4. The fourth-order valence-corrected chi connectivity index (χ4v) is 3.30. The maximum Gasteiger partial charge on any atom is 0.293 e. The van der Waals surface area contributed by atoms with Gasteiger partial charge in [0.25, 0.3) is 11.4 Å². The predicted octanol–water partition coefficient (Wildman–Crippen LogP) is 2.43. The summed E-state index contributed by atoms with van der Waals surface area (Å²) in [5.41, 5.74) is 0.477. The second-order valence-corrected chi connectivity index (χ2v) is 6.84. The number of anilines is 1. The molecule has 1 fully saturated rings. The van der Waals surface area contributed by atoms with Crippen molar-refractivity contribution in [2.24, 2.45) is 0 Å². The number of ether oxygens (including phenoxy) is 1. The molecule has 1 saturated heterocycles. The van der Waals surface area contributed by atoms with Crippen molar-refractivity contribution < 1.29 is 24.2 Å². The van der Waals surface area contributed by atoms with E-state index in [1.807, 2.05) is 4.90 Å². The third-order valence-electron chi connectivity index (χ3n) is 4.94. The van der Waals surface area contributed by atoms with Crippen molar-refractivity contribution in [2.75, 3.05) is 37.7 Å². The van der Waals surface area contributed by atoms with Crippen LogP contribution < -0.4 is 9.64 Å². The molecule has 0 N–H and O–H groups in total. The zero-order valence-electron chi connectivity index (χ0n) is 16.5. The second-order valence-electron chi connectivity index (χ2n) is 6.84. The Bertz CT molecular complexity index is 986. The van der Waals surface area contributed by atoms with Crippen molar-refractivity contribution >= 4 is 29.3 Å². The fraction of sp³-hybridized carbons (Fsp3) is 0.300. The quantitative estimate of drug-likeness (QED) is 0.355. The van der Waals surface area contributed by atoms with Gasteiger partial charge < -0.3 is 14.5 Å². The summed E-state index contributed by atoms with van der Waals surface area (Å²) in [6.45, 7) is 1.80. The molecule has 1 aliphatic heterocycles. The summed E-state index contributed by atoms with van der Waals surface area (Å²) in [4.78, 5) is 47.8. The SMILES string of the molecule is O=Cc1ccc(N2CCN(C(=O)CCOc3ccc([N+](=O)[O-])cc3)CC2)c([N+](=O)[O-])c1. The highest BCUT2D eigenvalue weighted by molar-refractivity contribution is 5.80. The number of hydrogen-bond donors (Lipinski definition) is 0. The molecule has 3 rings (SSSR count). The van der Waals surface area contributed by atoms with Crippen LogP contribution in [-0.4, -0.2) is 59.7 Å². The molecule has 0 radical (unpaired) electrons. The number of piperazine rings is 1. The molecule has 162 valence electrons. The Morgan fingerprint density at radius 3 is 2.26 bits per heavy atom. The van der Waals surface area contributed by atoms with E-state index in [1.165, 1.54) is 36.4 Å². The molecule has 11 nitrogen and oxygen atoms in total. The third kappa shape index (κ3) is 5.32. The van der Waals surface area contributed by atoms with Crippen molar-refractivity contribution in [1.29, 1.82) is 0 Å². The number of non-ortho nitro benzene ring substituents is 1. The monoisotopic (exact) mass is 428 g/mol. The van der Waals surface area contributed by atoms with Crippen molar-refractivity contribution in [3.63, 3.8) is 0 Å². The second kappa shape index (κ2) is 9.65. The first-order valence-corrected chi connectivity index (χ1v) is 9.52. The van der Waals surface area contributed by atoms with E-state index in [-0.39, 0.29) is 35.9 Å². The van der Waals surface area contributed by atoms with Gasteiger partial charge >= 0.3 is 0 Å². The number of carbonyl (C=O) groups is 2. The van der Waals surface area contributed by atoms with E-state index in [4.69, 9.17) is 4.74 Å². The molecule has 1 heterocycles. The summed E-state index contributed by atoms with van der Waals surface area (Å²) in [6.07, 6.45) is 0.706. The van der Waals surface area contributed by atoms with Crippen LogP contribution in [-0.2, 0) is 4.79 Å². The summed E-state index contributed by atoms with van der Waals surface area (Å²) in [6, 6.07) is 9.94. The summed E-state index contributed by atoms with van der Waals surface area (Å²) in [7, 11) is 0. The fourth-order valence-electron chi connectivity index (χ4n) is 3.30. The lowest BCUT2D eigenvalue weighted by Gasteiger charge is -2.35. The van der Waals surface area contributed by atoms with E-state index in [0.29, 0.717) is 43.9 Å². The molecule has 1 aliphatic rings. The Balaban J connectivity index is 1.50. The maximum atomic E-state index is 12.4. The van der Waals surface area contributed by atoms with Gasteiger partial charge in [-0.1, -0.05) is 0 Å². The third-order valence-corrected chi connectivity index (χ3v) is 4.94. The predicted molar refractivity (Wildman–Crippen MR) is 110 cm³/mol. The molecule has 2 aromatic carbocycles. The van der Waals surface area contributed by atoms with Gasteiger partial charge in [-0.25, -0.2) is 0 Å². The Hall–Kier alpha value is -4.02. The minimum absolute atomic E-state index is 0.0395. The summed E-state index contributed by atoms with van der Waals surface area (Å²) in [5, 5.41) is 22.0. The molecule has 11 heteroatoms. The first kappa shape index (κ1) is 21.7. The number of rotatable bonds is 8. The van der Waals surface area contributed by atoms with Crippen LogP contribution >= 0.6 is 0 Å². The van der Waals surface area contributed by atoms with Crippen LogP contribution in [0.25, 0.3) is 0 Å². The number of nitro benzene ring substituents is 2. The highest BCUT2D eigenvalue weighted by Crippen LogP contribution is 2.29. The van der Waals surface area contributed by atoms with Gasteiger partial charge in [0.1, 0.15) is 17.7 Å². The Kier molecular flexibility index (Phi) is 6.75. The van der Waals surface area contributed by atoms with E-state index < -0.39 is 9.85 Å². The lowest BCUT2D eigenvalue weighted by molar-refractivity contribution is -0.384. The molecular formula is C20H20N4O7. The number of nitro groups is 2. The van der Waals surface area contributed by atoms with Gasteiger partial charge in [0.2, 0.25) is 5.91 Å². The average molecular weight is 428 g/mol. The number of benzene rings is 2. The first-order chi connectivity index (χ1) is 14.9. The molecule has 0 bridgehead atoms. The van der Waals surface area contributed by atoms with Crippen molar-refractivity contribution in [2.45, 2.75) is 6.42 Å². The van der Waals surface area contributed by atoms with Crippen LogP contribution in [0.15, 0.2) is 42.5 Å². The van der Waals surface area contributed by atoms with Crippen LogP contribution in [0.3, 0.4) is 0 Å². The van der Waals surface area contributed by atoms with Gasteiger partial charge in [-0.05, 0) is 24.3 Å². The number of nitrogens with zero attached hydrogens (tertiary/aromatic N) is 4. The van der Waals surface area contributed by atoms with Gasteiger partial charge in [0, 0.05) is 49.9 Å². The molecule has 0 aliphatic carbocycles. The topological polar surface area (TPSA) is 136 Å². The molecule has 0 atom stereocenters. The van der Waals surface area contributed by atoms with Gasteiger partial charge in [-0.15, -0.1) is 0 Å². The number of hydrogen-bond acceptors (Lipinski definition) is 8. The van der Waals surface area contributed by atoms with Gasteiger partial charge in [-0.3, -0.25) is 29.8 Å². The normalized spacial score (nSPS) is 13.5. The largest absolute Gasteiger partial charge is 0.493 e. The Morgan fingerprint density at radius 1 is 1.00 bits per heavy atom. The standard InChI is InChI=1S/C20H20N4O7/c25-14-15-1-6-18(19(13-15)24(29)30)21-8-10-22(11-9-21)20(26)7-12-31-17-4-2-16(3-5-17)23(27)28/h1-6,13-14H,7-12H2. The molecule has 1 amide bonds. The van der Waals surface area contributed by atoms with Gasteiger partial charge in [0.05, 0.1) is 22.9 Å².